The Labute approximate surface area is 195 Å². The predicted molar refractivity (Wildman–Crippen MR) is 114 cm³/mol. The van der Waals surface area contributed by atoms with Crippen LogP contribution in [-0.4, -0.2) is 10.9 Å². The third-order valence-electron chi connectivity index (χ3n) is 4.32. The second kappa shape index (κ2) is 9.13. The van der Waals surface area contributed by atoms with Gasteiger partial charge in [-0.3, -0.25) is 9.78 Å². The third-order valence-corrected chi connectivity index (χ3v) is 4.99. The number of amides is 1. The van der Waals surface area contributed by atoms with Crippen molar-refractivity contribution in [2.24, 2.45) is 5.84 Å². The lowest BCUT2D eigenvalue weighted by atomic mass is 10.1. The van der Waals surface area contributed by atoms with E-state index in [9.17, 15) is 35.5 Å². The van der Waals surface area contributed by atoms with Gasteiger partial charge >= 0.3 is 12.4 Å². The largest absolute Gasteiger partial charge is 0.416 e. The van der Waals surface area contributed by atoms with E-state index in [-0.39, 0.29) is 28.0 Å². The average Bonchev–Trinajstić information content (AvgIpc) is 2.73. The highest BCUT2D eigenvalue weighted by Gasteiger charge is 2.37. The zero-order valence-electron chi connectivity index (χ0n) is 16.1. The molecule has 0 bridgehead atoms. The van der Waals surface area contributed by atoms with Gasteiger partial charge in [-0.2, -0.15) is 26.3 Å². The number of alkyl halides is 6. The number of aromatic nitrogens is 1. The molecule has 0 aliphatic carbocycles. The number of nitrogens with zero attached hydrogens (tertiary/aromatic N) is 2. The number of benzene rings is 2. The van der Waals surface area contributed by atoms with Crippen molar-refractivity contribution in [3.05, 3.63) is 80.9 Å². The van der Waals surface area contributed by atoms with Crippen molar-refractivity contribution >= 4 is 45.6 Å². The summed E-state index contributed by atoms with van der Waals surface area (Å²) in [6.07, 6.45) is -7.95. The number of carbonyl (C=O) groups is 1. The number of hydrogen-bond acceptors (Lipinski definition) is 4. The molecule has 3 aromatic rings. The fraction of sp³-hybridized carbons (Fsp3) is 0.100. The number of carbonyl (C=O) groups excluding carboxylic acids is 1. The number of nitrogens with one attached hydrogen (secondary N) is 1. The van der Waals surface area contributed by atoms with E-state index in [4.69, 9.17) is 5.84 Å². The molecule has 0 spiro atoms. The van der Waals surface area contributed by atoms with Crippen molar-refractivity contribution in [1.82, 2.24) is 4.98 Å². The Morgan fingerprint density at radius 3 is 2.09 bits per heavy atom. The van der Waals surface area contributed by atoms with Crippen molar-refractivity contribution in [2.45, 2.75) is 12.4 Å². The first-order chi connectivity index (χ1) is 15.3. The number of anilines is 3. The zero-order chi connectivity index (χ0) is 24.6. The molecule has 0 atom stereocenters. The maximum absolute atomic E-state index is 14.2. The summed E-state index contributed by atoms with van der Waals surface area (Å²) in [6, 6.07) is 5.84. The summed E-state index contributed by atoms with van der Waals surface area (Å²) < 4.78 is 93.6. The summed E-state index contributed by atoms with van der Waals surface area (Å²) >= 11 is 1.88. The smallest absolute Gasteiger partial charge is 0.351 e. The molecule has 1 aromatic heterocycles. The van der Waals surface area contributed by atoms with Gasteiger partial charge in [-0.1, -0.05) is 0 Å². The SMILES string of the molecule is NN(C(=O)c1ccncc1Nc1ccc(I)cc1F)c1cc(C(F)(F)F)cc(C(F)(F)F)c1. The van der Waals surface area contributed by atoms with Crippen LogP contribution in [0.1, 0.15) is 21.5 Å². The predicted octanol–water partition coefficient (Wildman–Crippen LogP) is 6.13. The first-order valence-corrected chi connectivity index (χ1v) is 9.90. The topological polar surface area (TPSA) is 71.2 Å². The van der Waals surface area contributed by atoms with Crippen molar-refractivity contribution in [1.29, 1.82) is 0 Å². The van der Waals surface area contributed by atoms with Crippen LogP contribution in [0, 0.1) is 9.39 Å². The van der Waals surface area contributed by atoms with Crippen LogP contribution >= 0.6 is 22.6 Å². The van der Waals surface area contributed by atoms with Crippen LogP contribution in [0.3, 0.4) is 0 Å². The van der Waals surface area contributed by atoms with Crippen LogP contribution in [0.25, 0.3) is 0 Å². The van der Waals surface area contributed by atoms with Gasteiger partial charge in [0.25, 0.3) is 5.91 Å². The van der Waals surface area contributed by atoms with Gasteiger partial charge in [0.05, 0.1) is 39.9 Å². The molecule has 3 rings (SSSR count). The Balaban J connectivity index is 2.01. The molecule has 0 fully saturated rings. The van der Waals surface area contributed by atoms with E-state index in [1.807, 2.05) is 22.6 Å². The minimum absolute atomic E-state index is 0.0422. The molecule has 13 heteroatoms. The van der Waals surface area contributed by atoms with Gasteiger partial charge in [-0.25, -0.2) is 15.2 Å². The maximum atomic E-state index is 14.2. The Kier molecular flexibility index (Phi) is 6.83. The quantitative estimate of drug-likeness (QED) is 0.127. The molecule has 5 nitrogen and oxygen atoms in total. The summed E-state index contributed by atoms with van der Waals surface area (Å²) in [5.41, 5.74) is -4.49. The number of nitrogens with two attached hydrogens (primary N) is 1. The number of halogens is 8. The van der Waals surface area contributed by atoms with E-state index < -0.39 is 40.9 Å². The average molecular weight is 584 g/mol. The molecule has 0 aliphatic heterocycles. The molecule has 0 unspecified atom stereocenters. The number of hydrazine groups is 1. The molecule has 0 radical (unpaired) electrons. The second-order valence-corrected chi connectivity index (χ2v) is 7.86. The molecule has 0 saturated carbocycles. The lowest BCUT2D eigenvalue weighted by molar-refractivity contribution is -0.143. The zero-order valence-corrected chi connectivity index (χ0v) is 18.3. The summed E-state index contributed by atoms with van der Waals surface area (Å²) in [5, 5.41) is 2.77. The second-order valence-electron chi connectivity index (χ2n) is 6.61. The summed E-state index contributed by atoms with van der Waals surface area (Å²) in [5.74, 6) is 3.81. The van der Waals surface area contributed by atoms with E-state index in [0.717, 1.165) is 18.5 Å². The number of hydrogen-bond donors (Lipinski definition) is 2. The van der Waals surface area contributed by atoms with Crippen molar-refractivity contribution in [3.63, 3.8) is 0 Å². The first-order valence-electron chi connectivity index (χ1n) is 8.82. The van der Waals surface area contributed by atoms with E-state index in [2.05, 4.69) is 10.3 Å². The lowest BCUT2D eigenvalue weighted by Crippen LogP contribution is -2.38. The van der Waals surface area contributed by atoms with E-state index >= 15 is 0 Å². The van der Waals surface area contributed by atoms with Crippen LogP contribution in [0.5, 0.6) is 0 Å². The monoisotopic (exact) mass is 584 g/mol. The maximum Gasteiger partial charge on any atom is 0.416 e. The Hall–Kier alpha value is -2.94. The van der Waals surface area contributed by atoms with Crippen molar-refractivity contribution in [2.75, 3.05) is 10.3 Å². The normalized spacial score (nSPS) is 11.9. The highest BCUT2D eigenvalue weighted by atomic mass is 127. The molecule has 1 heterocycles. The minimum Gasteiger partial charge on any atom is -0.351 e. The Morgan fingerprint density at radius 1 is 0.939 bits per heavy atom. The first kappa shape index (κ1) is 24.7. The molecule has 0 aliphatic rings. The Bertz CT molecular complexity index is 1170. The lowest BCUT2D eigenvalue weighted by Gasteiger charge is -2.21. The van der Waals surface area contributed by atoms with Gasteiger partial charge in [0.15, 0.2) is 0 Å². The van der Waals surface area contributed by atoms with Crippen molar-refractivity contribution in [3.8, 4) is 0 Å². The van der Waals surface area contributed by atoms with E-state index in [1.54, 1.807) is 6.07 Å². The van der Waals surface area contributed by atoms with Gasteiger partial charge < -0.3 is 5.32 Å². The molecule has 2 aromatic carbocycles. The fourth-order valence-corrected chi connectivity index (χ4v) is 3.19. The highest BCUT2D eigenvalue weighted by molar-refractivity contribution is 14.1. The van der Waals surface area contributed by atoms with Gasteiger partial charge in [-0.05, 0) is 65.1 Å². The molecule has 1 amide bonds. The third kappa shape index (κ3) is 5.71. The molecule has 0 saturated heterocycles. The summed E-state index contributed by atoms with van der Waals surface area (Å²) in [6.45, 7) is 0. The van der Waals surface area contributed by atoms with Gasteiger partial charge in [0.2, 0.25) is 0 Å². The van der Waals surface area contributed by atoms with Gasteiger partial charge in [0.1, 0.15) is 5.82 Å². The van der Waals surface area contributed by atoms with E-state index in [1.165, 1.54) is 12.1 Å². The van der Waals surface area contributed by atoms with E-state index in [0.29, 0.717) is 15.7 Å². The van der Waals surface area contributed by atoms with Crippen LogP contribution in [0.2, 0.25) is 0 Å². The molecule has 33 heavy (non-hydrogen) atoms. The number of pyridine rings is 1. The highest BCUT2D eigenvalue weighted by Crippen LogP contribution is 2.38. The molecular weight excluding hydrogens is 572 g/mol. The fourth-order valence-electron chi connectivity index (χ4n) is 2.74. The van der Waals surface area contributed by atoms with Gasteiger partial charge in [0, 0.05) is 9.77 Å². The summed E-state index contributed by atoms with van der Waals surface area (Å²) in [4.78, 5) is 16.7. The Morgan fingerprint density at radius 2 is 1.55 bits per heavy atom. The molecule has 174 valence electrons. The number of rotatable bonds is 4. The van der Waals surface area contributed by atoms with Crippen molar-refractivity contribution < 1.29 is 35.5 Å². The molecule has 3 N–H and O–H groups in total. The molecular formula is C20H12F7IN4O. The van der Waals surface area contributed by atoms with Crippen LogP contribution in [-0.2, 0) is 12.4 Å². The van der Waals surface area contributed by atoms with Crippen LogP contribution in [0.4, 0.5) is 47.8 Å². The van der Waals surface area contributed by atoms with Crippen LogP contribution in [0.15, 0.2) is 54.9 Å². The van der Waals surface area contributed by atoms with Gasteiger partial charge in [-0.15, -0.1) is 0 Å². The minimum atomic E-state index is -5.12. The standard InChI is InChI=1S/C20H12F7IN4O/c21-15-8-12(28)1-2-16(15)31-17-9-30-4-3-14(17)18(33)32(29)13-6-10(19(22,23)24)5-11(7-13)20(25,26)27/h1-9,31H,29H2. The summed E-state index contributed by atoms with van der Waals surface area (Å²) in [7, 11) is 0. The van der Waals surface area contributed by atoms with Crippen LogP contribution < -0.4 is 16.2 Å².